The SMILES string of the molecule is CC(N)(c1cccc(Br)c1)c1cncc2ccccc12. The van der Waals surface area contributed by atoms with E-state index in [1.165, 1.54) is 0 Å². The third kappa shape index (κ3) is 2.23. The van der Waals surface area contributed by atoms with Gasteiger partial charge in [-0.25, -0.2) is 0 Å². The zero-order valence-electron chi connectivity index (χ0n) is 11.2. The molecule has 0 saturated carbocycles. The Morgan fingerprint density at radius 3 is 2.65 bits per heavy atom. The number of nitrogens with zero attached hydrogens (tertiary/aromatic N) is 1. The van der Waals surface area contributed by atoms with Crippen molar-refractivity contribution in [2.45, 2.75) is 12.5 Å². The normalized spacial score (nSPS) is 14.2. The summed E-state index contributed by atoms with van der Waals surface area (Å²) in [5, 5.41) is 2.25. The van der Waals surface area contributed by atoms with Gasteiger partial charge in [-0.1, -0.05) is 52.3 Å². The number of aromatic nitrogens is 1. The molecule has 1 atom stereocenters. The van der Waals surface area contributed by atoms with Gasteiger partial charge in [-0.15, -0.1) is 0 Å². The maximum absolute atomic E-state index is 6.63. The van der Waals surface area contributed by atoms with Gasteiger partial charge in [0.2, 0.25) is 0 Å². The minimum absolute atomic E-state index is 0.586. The van der Waals surface area contributed by atoms with Crippen LogP contribution in [0.15, 0.2) is 65.4 Å². The quantitative estimate of drug-likeness (QED) is 0.765. The molecule has 0 spiro atoms. The first-order valence-electron chi connectivity index (χ1n) is 6.47. The first-order valence-corrected chi connectivity index (χ1v) is 7.26. The van der Waals surface area contributed by atoms with Gasteiger partial charge in [0.05, 0.1) is 5.54 Å². The summed E-state index contributed by atoms with van der Waals surface area (Å²) in [5.41, 5.74) is 8.14. The highest BCUT2D eigenvalue weighted by molar-refractivity contribution is 9.10. The van der Waals surface area contributed by atoms with E-state index in [1.807, 2.05) is 49.6 Å². The minimum atomic E-state index is -0.586. The molecular weight excluding hydrogens is 312 g/mol. The molecule has 2 nitrogen and oxygen atoms in total. The molecule has 0 bridgehead atoms. The van der Waals surface area contributed by atoms with Crippen LogP contribution in [0.25, 0.3) is 10.8 Å². The number of fused-ring (bicyclic) bond motifs is 1. The molecule has 0 aliphatic heterocycles. The van der Waals surface area contributed by atoms with E-state index in [1.54, 1.807) is 0 Å². The first kappa shape index (κ1) is 13.3. The molecule has 3 heteroatoms. The lowest BCUT2D eigenvalue weighted by atomic mass is 9.84. The van der Waals surface area contributed by atoms with Gasteiger partial charge in [-0.3, -0.25) is 4.98 Å². The number of benzene rings is 2. The summed E-state index contributed by atoms with van der Waals surface area (Å²) in [6, 6.07) is 16.3. The lowest BCUT2D eigenvalue weighted by Gasteiger charge is -2.27. The molecule has 1 unspecified atom stereocenters. The van der Waals surface area contributed by atoms with Crippen LogP contribution in [0.4, 0.5) is 0 Å². The largest absolute Gasteiger partial charge is 0.318 e. The highest BCUT2D eigenvalue weighted by Gasteiger charge is 2.26. The second-order valence-electron chi connectivity index (χ2n) is 5.12. The molecule has 0 saturated heterocycles. The van der Waals surface area contributed by atoms with Gasteiger partial charge in [0.25, 0.3) is 0 Å². The number of hydrogen-bond acceptors (Lipinski definition) is 2. The molecule has 0 fully saturated rings. The Labute approximate surface area is 126 Å². The van der Waals surface area contributed by atoms with Crippen LogP contribution in [0.3, 0.4) is 0 Å². The average molecular weight is 327 g/mol. The predicted octanol–water partition coefficient (Wildman–Crippen LogP) is 4.22. The Kier molecular flexibility index (Phi) is 3.32. The highest BCUT2D eigenvalue weighted by atomic mass is 79.9. The van der Waals surface area contributed by atoms with Crippen LogP contribution >= 0.6 is 15.9 Å². The Balaban J connectivity index is 2.23. The molecule has 1 aromatic heterocycles. The third-order valence-corrected chi connectivity index (χ3v) is 4.15. The van der Waals surface area contributed by atoms with Crippen molar-refractivity contribution < 1.29 is 0 Å². The van der Waals surface area contributed by atoms with E-state index in [9.17, 15) is 0 Å². The standard InChI is InChI=1S/C17H15BrN2/c1-17(19,13-6-4-7-14(18)9-13)16-11-20-10-12-5-2-3-8-15(12)16/h2-11H,19H2,1H3. The molecule has 0 radical (unpaired) electrons. The smallest absolute Gasteiger partial charge is 0.0658 e. The molecule has 0 amide bonds. The summed E-state index contributed by atoms with van der Waals surface area (Å²) < 4.78 is 1.03. The molecule has 2 N–H and O–H groups in total. The maximum atomic E-state index is 6.63. The molecule has 2 aromatic carbocycles. The van der Waals surface area contributed by atoms with Crippen molar-refractivity contribution in [3.63, 3.8) is 0 Å². The Bertz CT molecular complexity index is 760. The second-order valence-corrected chi connectivity index (χ2v) is 6.04. The van der Waals surface area contributed by atoms with Gasteiger partial charge >= 0.3 is 0 Å². The fraction of sp³-hybridized carbons (Fsp3) is 0.118. The maximum Gasteiger partial charge on any atom is 0.0658 e. The third-order valence-electron chi connectivity index (χ3n) is 3.65. The fourth-order valence-electron chi connectivity index (χ4n) is 2.50. The zero-order chi connectivity index (χ0) is 14.2. The summed E-state index contributed by atoms with van der Waals surface area (Å²) in [6.45, 7) is 2.03. The summed E-state index contributed by atoms with van der Waals surface area (Å²) >= 11 is 3.51. The van der Waals surface area contributed by atoms with Gasteiger partial charge in [0.15, 0.2) is 0 Å². The highest BCUT2D eigenvalue weighted by Crippen LogP contribution is 2.32. The first-order chi connectivity index (χ1) is 9.59. The Hall–Kier alpha value is -1.71. The second kappa shape index (κ2) is 5.00. The topological polar surface area (TPSA) is 38.9 Å². The molecular formula is C17H15BrN2. The van der Waals surface area contributed by atoms with Crippen molar-refractivity contribution in [1.29, 1.82) is 0 Å². The summed E-state index contributed by atoms with van der Waals surface area (Å²) in [6.07, 6.45) is 3.74. The van der Waals surface area contributed by atoms with E-state index in [0.29, 0.717) is 0 Å². The molecule has 100 valence electrons. The van der Waals surface area contributed by atoms with Gasteiger partial charge in [0, 0.05) is 27.8 Å². The number of pyridine rings is 1. The summed E-state index contributed by atoms with van der Waals surface area (Å²) in [4.78, 5) is 4.34. The number of halogens is 1. The molecule has 20 heavy (non-hydrogen) atoms. The molecule has 3 aromatic rings. The Morgan fingerprint density at radius 1 is 1.05 bits per heavy atom. The van der Waals surface area contributed by atoms with Crippen molar-refractivity contribution in [1.82, 2.24) is 4.98 Å². The van der Waals surface area contributed by atoms with E-state index in [4.69, 9.17) is 5.73 Å². The average Bonchev–Trinajstić information content (AvgIpc) is 2.46. The van der Waals surface area contributed by atoms with Crippen molar-refractivity contribution in [3.8, 4) is 0 Å². The van der Waals surface area contributed by atoms with E-state index in [0.717, 1.165) is 26.4 Å². The van der Waals surface area contributed by atoms with Crippen LogP contribution in [0.1, 0.15) is 18.1 Å². The van der Waals surface area contributed by atoms with E-state index < -0.39 is 5.54 Å². The van der Waals surface area contributed by atoms with E-state index in [2.05, 4.69) is 39.1 Å². The zero-order valence-corrected chi connectivity index (χ0v) is 12.8. The predicted molar refractivity (Wildman–Crippen MR) is 86.5 cm³/mol. The van der Waals surface area contributed by atoms with E-state index in [-0.39, 0.29) is 0 Å². The number of hydrogen-bond donors (Lipinski definition) is 1. The molecule has 3 rings (SSSR count). The lowest BCUT2D eigenvalue weighted by molar-refractivity contribution is 0.606. The van der Waals surface area contributed by atoms with Crippen LogP contribution in [-0.4, -0.2) is 4.98 Å². The molecule has 0 aliphatic rings. The van der Waals surface area contributed by atoms with Gasteiger partial charge < -0.3 is 5.73 Å². The van der Waals surface area contributed by atoms with Crippen molar-refractivity contribution in [2.24, 2.45) is 5.73 Å². The lowest BCUT2D eigenvalue weighted by Crippen LogP contribution is -2.34. The molecule has 1 heterocycles. The number of rotatable bonds is 2. The van der Waals surface area contributed by atoms with Crippen LogP contribution in [0, 0.1) is 0 Å². The fourth-order valence-corrected chi connectivity index (χ4v) is 2.90. The monoisotopic (exact) mass is 326 g/mol. The van der Waals surface area contributed by atoms with Gasteiger partial charge in [0.1, 0.15) is 0 Å². The Morgan fingerprint density at radius 2 is 1.85 bits per heavy atom. The van der Waals surface area contributed by atoms with Crippen molar-refractivity contribution >= 4 is 26.7 Å². The van der Waals surface area contributed by atoms with Crippen LogP contribution < -0.4 is 5.73 Å². The van der Waals surface area contributed by atoms with Crippen molar-refractivity contribution in [3.05, 3.63) is 76.5 Å². The van der Waals surface area contributed by atoms with Crippen LogP contribution in [0.2, 0.25) is 0 Å². The van der Waals surface area contributed by atoms with Gasteiger partial charge in [-0.2, -0.15) is 0 Å². The summed E-state index contributed by atoms with van der Waals surface area (Å²) in [5.74, 6) is 0. The van der Waals surface area contributed by atoms with Crippen LogP contribution in [0.5, 0.6) is 0 Å². The van der Waals surface area contributed by atoms with Gasteiger partial charge in [-0.05, 0) is 30.0 Å². The molecule has 0 aliphatic carbocycles. The van der Waals surface area contributed by atoms with Crippen LogP contribution in [-0.2, 0) is 5.54 Å². The van der Waals surface area contributed by atoms with Crippen molar-refractivity contribution in [2.75, 3.05) is 0 Å². The minimum Gasteiger partial charge on any atom is -0.318 e. The summed E-state index contributed by atoms with van der Waals surface area (Å²) in [7, 11) is 0. The number of nitrogens with two attached hydrogens (primary N) is 1. The van der Waals surface area contributed by atoms with E-state index >= 15 is 0 Å².